The summed E-state index contributed by atoms with van der Waals surface area (Å²) in [6.07, 6.45) is 7.45. The normalized spacial score (nSPS) is 20.1. The maximum atomic E-state index is 6.60. The van der Waals surface area contributed by atoms with Crippen LogP contribution in [0.2, 0.25) is 0 Å². The third-order valence-corrected chi connectivity index (χ3v) is 4.76. The molecule has 0 saturated heterocycles. The predicted octanol–water partition coefficient (Wildman–Crippen LogP) is 1.34. The smallest absolute Gasteiger partial charge is 0.138 e. The van der Waals surface area contributed by atoms with Crippen LogP contribution in [-0.4, -0.2) is 44.3 Å². The molecule has 0 bridgehead atoms. The molecule has 5 heteroatoms. The molecule has 2 rings (SSSR count). The Morgan fingerprint density at radius 3 is 2.47 bits per heavy atom. The molecule has 0 radical (unpaired) electrons. The number of aryl methyl sites for hydroxylation is 1. The van der Waals surface area contributed by atoms with Crippen LogP contribution in [0.1, 0.15) is 45.4 Å². The second-order valence-corrected chi connectivity index (χ2v) is 5.59. The highest BCUT2D eigenvalue weighted by molar-refractivity contribution is 5.05. The lowest BCUT2D eigenvalue weighted by Gasteiger charge is -2.44. The monoisotopic (exact) mass is 265 g/mol. The SMILES string of the molecule is CCN(CC)C1(C(N)Cc2ncnn2C)CCCC1. The van der Waals surface area contributed by atoms with E-state index in [1.54, 1.807) is 6.33 Å². The fourth-order valence-electron chi connectivity index (χ4n) is 3.65. The molecular weight excluding hydrogens is 238 g/mol. The van der Waals surface area contributed by atoms with Crippen LogP contribution in [-0.2, 0) is 13.5 Å². The van der Waals surface area contributed by atoms with Crippen LogP contribution < -0.4 is 5.73 Å². The van der Waals surface area contributed by atoms with Gasteiger partial charge in [-0.05, 0) is 25.9 Å². The summed E-state index contributed by atoms with van der Waals surface area (Å²) >= 11 is 0. The Kier molecular flexibility index (Phi) is 4.58. The zero-order chi connectivity index (χ0) is 13.9. The second-order valence-electron chi connectivity index (χ2n) is 5.59. The van der Waals surface area contributed by atoms with Crippen LogP contribution in [0.15, 0.2) is 6.33 Å². The summed E-state index contributed by atoms with van der Waals surface area (Å²) in [6, 6.07) is 0.137. The lowest BCUT2D eigenvalue weighted by molar-refractivity contribution is 0.0762. The van der Waals surface area contributed by atoms with E-state index >= 15 is 0 Å². The highest BCUT2D eigenvalue weighted by Crippen LogP contribution is 2.38. The molecule has 5 nitrogen and oxygen atoms in total. The first kappa shape index (κ1) is 14.5. The van der Waals surface area contributed by atoms with Crippen LogP contribution in [0.4, 0.5) is 0 Å². The van der Waals surface area contributed by atoms with Gasteiger partial charge in [-0.3, -0.25) is 9.58 Å². The van der Waals surface area contributed by atoms with E-state index in [9.17, 15) is 0 Å². The number of hydrogen-bond acceptors (Lipinski definition) is 4. The van der Waals surface area contributed by atoms with Gasteiger partial charge in [-0.2, -0.15) is 5.10 Å². The van der Waals surface area contributed by atoms with Gasteiger partial charge in [-0.15, -0.1) is 0 Å². The summed E-state index contributed by atoms with van der Waals surface area (Å²) < 4.78 is 1.84. The van der Waals surface area contributed by atoms with Gasteiger partial charge >= 0.3 is 0 Å². The minimum absolute atomic E-state index is 0.137. The van der Waals surface area contributed by atoms with E-state index in [1.807, 2.05) is 11.7 Å². The van der Waals surface area contributed by atoms with Crippen molar-refractivity contribution in [2.75, 3.05) is 13.1 Å². The molecule has 1 heterocycles. The van der Waals surface area contributed by atoms with Gasteiger partial charge in [0.2, 0.25) is 0 Å². The van der Waals surface area contributed by atoms with Gasteiger partial charge in [0.05, 0.1) is 0 Å². The third kappa shape index (κ3) is 2.67. The van der Waals surface area contributed by atoms with Crippen LogP contribution in [0.3, 0.4) is 0 Å². The largest absolute Gasteiger partial charge is 0.326 e. The Hall–Kier alpha value is -0.940. The summed E-state index contributed by atoms with van der Waals surface area (Å²) in [5, 5.41) is 4.14. The predicted molar refractivity (Wildman–Crippen MR) is 76.8 cm³/mol. The third-order valence-electron chi connectivity index (χ3n) is 4.76. The van der Waals surface area contributed by atoms with E-state index in [-0.39, 0.29) is 11.6 Å². The van der Waals surface area contributed by atoms with E-state index < -0.39 is 0 Å². The molecule has 1 saturated carbocycles. The summed E-state index contributed by atoms with van der Waals surface area (Å²) in [5.74, 6) is 0.992. The minimum Gasteiger partial charge on any atom is -0.326 e. The maximum Gasteiger partial charge on any atom is 0.138 e. The topological polar surface area (TPSA) is 60.0 Å². The number of nitrogens with two attached hydrogens (primary N) is 1. The summed E-state index contributed by atoms with van der Waals surface area (Å²) in [5.41, 5.74) is 6.77. The summed E-state index contributed by atoms with van der Waals surface area (Å²) in [7, 11) is 1.94. The first-order chi connectivity index (χ1) is 9.14. The Bertz CT molecular complexity index is 390. The Labute approximate surface area is 116 Å². The summed E-state index contributed by atoms with van der Waals surface area (Å²) in [4.78, 5) is 6.88. The molecule has 0 aromatic carbocycles. The van der Waals surface area contributed by atoms with Crippen molar-refractivity contribution in [3.8, 4) is 0 Å². The van der Waals surface area contributed by atoms with Crippen molar-refractivity contribution in [1.29, 1.82) is 0 Å². The molecule has 0 spiro atoms. The summed E-state index contributed by atoms with van der Waals surface area (Å²) in [6.45, 7) is 6.61. The minimum atomic E-state index is 0.137. The molecule has 1 aliphatic carbocycles. The average molecular weight is 265 g/mol. The van der Waals surface area contributed by atoms with Gasteiger partial charge in [0.15, 0.2) is 0 Å². The molecule has 0 aliphatic heterocycles. The van der Waals surface area contributed by atoms with Crippen molar-refractivity contribution >= 4 is 0 Å². The van der Waals surface area contributed by atoms with Crippen LogP contribution in [0.25, 0.3) is 0 Å². The first-order valence-corrected chi connectivity index (χ1v) is 7.47. The van der Waals surface area contributed by atoms with Crippen LogP contribution >= 0.6 is 0 Å². The van der Waals surface area contributed by atoms with E-state index in [0.29, 0.717) is 0 Å². The molecular formula is C14H27N5. The molecule has 108 valence electrons. The molecule has 1 atom stereocenters. The van der Waals surface area contributed by atoms with Crippen molar-refractivity contribution in [1.82, 2.24) is 19.7 Å². The molecule has 2 N–H and O–H groups in total. The lowest BCUT2D eigenvalue weighted by Crippen LogP contribution is -2.59. The Balaban J connectivity index is 2.17. The van der Waals surface area contributed by atoms with Gasteiger partial charge in [0, 0.05) is 25.0 Å². The van der Waals surface area contributed by atoms with Crippen LogP contribution in [0.5, 0.6) is 0 Å². The standard InChI is InChI=1S/C14H27N5/c1-4-19(5-2)14(8-6-7-9-14)12(15)10-13-16-11-17-18(13)3/h11-12H,4-10,15H2,1-3H3. The van der Waals surface area contributed by atoms with Gasteiger partial charge in [0.1, 0.15) is 12.2 Å². The van der Waals surface area contributed by atoms with E-state index in [1.165, 1.54) is 25.7 Å². The van der Waals surface area contributed by atoms with E-state index in [4.69, 9.17) is 5.73 Å². The van der Waals surface area contributed by atoms with Gasteiger partial charge in [-0.1, -0.05) is 26.7 Å². The number of aromatic nitrogens is 3. The molecule has 1 aromatic heterocycles. The highest BCUT2D eigenvalue weighted by Gasteiger charge is 2.43. The molecule has 1 aliphatic rings. The number of hydrogen-bond donors (Lipinski definition) is 1. The van der Waals surface area contributed by atoms with Crippen molar-refractivity contribution in [2.45, 2.75) is 57.5 Å². The zero-order valence-electron chi connectivity index (χ0n) is 12.5. The fraction of sp³-hybridized carbons (Fsp3) is 0.857. The van der Waals surface area contributed by atoms with Gasteiger partial charge < -0.3 is 5.73 Å². The van der Waals surface area contributed by atoms with E-state index in [0.717, 1.165) is 25.3 Å². The molecule has 0 amide bonds. The van der Waals surface area contributed by atoms with Crippen LogP contribution in [0, 0.1) is 0 Å². The van der Waals surface area contributed by atoms with E-state index in [2.05, 4.69) is 28.8 Å². The maximum absolute atomic E-state index is 6.60. The van der Waals surface area contributed by atoms with Crippen molar-refractivity contribution in [2.24, 2.45) is 12.8 Å². The fourth-order valence-corrected chi connectivity index (χ4v) is 3.65. The van der Waals surface area contributed by atoms with Crippen molar-refractivity contribution in [3.05, 3.63) is 12.2 Å². The molecule has 1 unspecified atom stereocenters. The zero-order valence-corrected chi connectivity index (χ0v) is 12.5. The lowest BCUT2D eigenvalue weighted by atomic mass is 9.84. The van der Waals surface area contributed by atoms with Gasteiger partial charge in [0.25, 0.3) is 0 Å². The quantitative estimate of drug-likeness (QED) is 0.843. The number of nitrogens with zero attached hydrogens (tertiary/aromatic N) is 4. The number of likely N-dealkylation sites (N-methyl/N-ethyl adjacent to an activating group) is 1. The van der Waals surface area contributed by atoms with Crippen molar-refractivity contribution < 1.29 is 0 Å². The Morgan fingerprint density at radius 2 is 2.00 bits per heavy atom. The van der Waals surface area contributed by atoms with Gasteiger partial charge in [-0.25, -0.2) is 4.98 Å². The average Bonchev–Trinajstić information content (AvgIpc) is 3.02. The highest BCUT2D eigenvalue weighted by atomic mass is 15.3. The molecule has 19 heavy (non-hydrogen) atoms. The molecule has 1 aromatic rings. The number of rotatable bonds is 6. The molecule has 1 fully saturated rings. The second kappa shape index (κ2) is 6.01. The van der Waals surface area contributed by atoms with Crippen molar-refractivity contribution in [3.63, 3.8) is 0 Å². The first-order valence-electron chi connectivity index (χ1n) is 7.47. The Morgan fingerprint density at radius 1 is 1.37 bits per heavy atom.